The van der Waals surface area contributed by atoms with Gasteiger partial charge in [0, 0.05) is 33.2 Å². The van der Waals surface area contributed by atoms with Crippen LogP contribution < -0.4 is 11.1 Å². The van der Waals surface area contributed by atoms with E-state index in [1.165, 1.54) is 0 Å². The highest BCUT2D eigenvalue weighted by molar-refractivity contribution is 5.75. The van der Waals surface area contributed by atoms with E-state index in [-0.39, 0.29) is 18.2 Å². The first-order valence-corrected chi connectivity index (χ1v) is 6.45. The Kier molecular flexibility index (Phi) is 4.99. The average molecular weight is 272 g/mol. The number of piperazine rings is 1. The van der Waals surface area contributed by atoms with E-state index in [9.17, 15) is 9.59 Å². The molecule has 1 atom stereocenters. The van der Waals surface area contributed by atoms with Crippen LogP contribution in [0.3, 0.4) is 0 Å². The molecule has 19 heavy (non-hydrogen) atoms. The maximum Gasteiger partial charge on any atom is 0.410 e. The van der Waals surface area contributed by atoms with E-state index in [4.69, 9.17) is 10.5 Å². The van der Waals surface area contributed by atoms with Crippen molar-refractivity contribution in [2.45, 2.75) is 32.4 Å². The second kappa shape index (κ2) is 6.10. The smallest absolute Gasteiger partial charge is 0.410 e. The number of nitrogens with one attached hydrogen (secondary N) is 1. The molecule has 7 heteroatoms. The Labute approximate surface area is 114 Å². The van der Waals surface area contributed by atoms with Gasteiger partial charge in [-0.05, 0) is 20.8 Å². The Hall–Kier alpha value is -1.50. The fourth-order valence-electron chi connectivity index (χ4n) is 1.96. The van der Waals surface area contributed by atoms with Gasteiger partial charge in [0.25, 0.3) is 0 Å². The zero-order valence-electron chi connectivity index (χ0n) is 12.1. The predicted octanol–water partition coefficient (Wildman–Crippen LogP) is 0.206. The van der Waals surface area contributed by atoms with Crippen LogP contribution in [0.25, 0.3) is 0 Å². The van der Waals surface area contributed by atoms with E-state index >= 15 is 0 Å². The van der Waals surface area contributed by atoms with Gasteiger partial charge in [-0.25, -0.2) is 9.59 Å². The van der Waals surface area contributed by atoms with Crippen LogP contribution in [-0.4, -0.2) is 66.8 Å². The lowest BCUT2D eigenvalue weighted by Gasteiger charge is -2.40. The summed E-state index contributed by atoms with van der Waals surface area (Å²) >= 11 is 0. The molecule has 0 aromatic carbocycles. The molecule has 0 aromatic rings. The van der Waals surface area contributed by atoms with Crippen LogP contribution in [0, 0.1) is 0 Å². The summed E-state index contributed by atoms with van der Waals surface area (Å²) in [5.74, 6) is 0. The molecule has 7 nitrogen and oxygen atoms in total. The van der Waals surface area contributed by atoms with Gasteiger partial charge in [-0.3, -0.25) is 0 Å². The minimum absolute atomic E-state index is 0.167. The van der Waals surface area contributed by atoms with Crippen molar-refractivity contribution in [2.75, 3.05) is 33.2 Å². The molecule has 0 aromatic heterocycles. The van der Waals surface area contributed by atoms with Gasteiger partial charge < -0.3 is 25.6 Å². The van der Waals surface area contributed by atoms with Gasteiger partial charge >= 0.3 is 12.1 Å². The van der Waals surface area contributed by atoms with Gasteiger partial charge in [0.1, 0.15) is 5.60 Å². The number of hydrogen-bond acceptors (Lipinski definition) is 4. The quantitative estimate of drug-likeness (QED) is 0.714. The molecule has 1 rings (SSSR count). The molecule has 1 heterocycles. The molecule has 1 aliphatic heterocycles. The number of nitrogens with zero attached hydrogens (tertiary/aromatic N) is 2. The average Bonchev–Trinajstić information content (AvgIpc) is 2.35. The number of ether oxygens (including phenoxy) is 1. The zero-order valence-corrected chi connectivity index (χ0v) is 12.1. The molecular weight excluding hydrogens is 248 g/mol. The van der Waals surface area contributed by atoms with Crippen LogP contribution in [0.15, 0.2) is 0 Å². The number of carbonyl (C=O) groups excluding carboxylic acids is 2. The van der Waals surface area contributed by atoms with Crippen molar-refractivity contribution in [1.29, 1.82) is 0 Å². The van der Waals surface area contributed by atoms with Gasteiger partial charge in [0.2, 0.25) is 0 Å². The Balaban J connectivity index is 2.64. The molecule has 1 aliphatic rings. The highest BCUT2D eigenvalue weighted by atomic mass is 16.6. The fourth-order valence-corrected chi connectivity index (χ4v) is 1.96. The van der Waals surface area contributed by atoms with E-state index in [2.05, 4.69) is 5.32 Å². The minimum atomic E-state index is -0.521. The second-order valence-electron chi connectivity index (χ2n) is 5.56. The molecule has 110 valence electrons. The summed E-state index contributed by atoms with van der Waals surface area (Å²) in [5.41, 5.74) is 5.15. The van der Waals surface area contributed by atoms with Crippen LogP contribution in [0.2, 0.25) is 0 Å². The topological polar surface area (TPSA) is 87.9 Å². The molecule has 0 spiro atoms. The van der Waals surface area contributed by atoms with Crippen molar-refractivity contribution in [3.05, 3.63) is 0 Å². The number of urea groups is 1. The monoisotopic (exact) mass is 272 g/mol. The van der Waals surface area contributed by atoms with Gasteiger partial charge in [-0.15, -0.1) is 0 Å². The highest BCUT2D eigenvalue weighted by Crippen LogP contribution is 2.14. The molecule has 1 unspecified atom stereocenters. The van der Waals surface area contributed by atoms with E-state index in [1.807, 2.05) is 20.8 Å². The number of carbonyl (C=O) groups is 2. The number of rotatable bonds is 1. The van der Waals surface area contributed by atoms with E-state index in [1.54, 1.807) is 16.8 Å². The minimum Gasteiger partial charge on any atom is -0.444 e. The Bertz CT molecular complexity index is 340. The zero-order chi connectivity index (χ0) is 14.6. The third-order valence-corrected chi connectivity index (χ3v) is 2.88. The maximum absolute atomic E-state index is 12.0. The Morgan fingerprint density at radius 2 is 2.00 bits per heavy atom. The van der Waals surface area contributed by atoms with Crippen LogP contribution in [0.1, 0.15) is 20.8 Å². The summed E-state index contributed by atoms with van der Waals surface area (Å²) in [6, 6.07) is -0.347. The molecule has 3 amide bonds. The Morgan fingerprint density at radius 1 is 1.37 bits per heavy atom. The van der Waals surface area contributed by atoms with Crippen LogP contribution in [0.5, 0.6) is 0 Å². The first kappa shape index (κ1) is 15.6. The normalized spacial score (nSPS) is 20.2. The summed E-state index contributed by atoms with van der Waals surface area (Å²) in [5, 5.41) is 2.58. The first-order valence-electron chi connectivity index (χ1n) is 6.45. The fraction of sp³-hybridized carbons (Fsp3) is 0.833. The summed E-state index contributed by atoms with van der Waals surface area (Å²) in [4.78, 5) is 26.9. The number of amides is 3. The molecule has 1 fully saturated rings. The SMILES string of the molecule is CNC(=O)N1CCN(C(=O)OC(C)(C)C)CC1CN. The molecule has 0 radical (unpaired) electrons. The van der Waals surface area contributed by atoms with Crippen LogP contribution in [0.4, 0.5) is 9.59 Å². The lowest BCUT2D eigenvalue weighted by atomic mass is 10.1. The Morgan fingerprint density at radius 3 is 2.47 bits per heavy atom. The van der Waals surface area contributed by atoms with Crippen molar-refractivity contribution in [3.8, 4) is 0 Å². The predicted molar refractivity (Wildman–Crippen MR) is 71.8 cm³/mol. The summed E-state index contributed by atoms with van der Waals surface area (Å²) in [6.07, 6.45) is -0.359. The first-order chi connectivity index (χ1) is 8.78. The van der Waals surface area contributed by atoms with Crippen molar-refractivity contribution >= 4 is 12.1 Å². The second-order valence-corrected chi connectivity index (χ2v) is 5.56. The molecular formula is C12H24N4O3. The highest BCUT2D eigenvalue weighted by Gasteiger charge is 2.33. The van der Waals surface area contributed by atoms with Crippen molar-refractivity contribution < 1.29 is 14.3 Å². The van der Waals surface area contributed by atoms with Gasteiger partial charge in [-0.2, -0.15) is 0 Å². The molecule has 0 aliphatic carbocycles. The van der Waals surface area contributed by atoms with E-state index in [0.717, 1.165) is 0 Å². The van der Waals surface area contributed by atoms with Gasteiger partial charge in [-0.1, -0.05) is 0 Å². The lowest BCUT2D eigenvalue weighted by Crippen LogP contribution is -2.60. The van der Waals surface area contributed by atoms with Gasteiger partial charge in [0.15, 0.2) is 0 Å². The molecule has 1 saturated heterocycles. The number of nitrogens with two attached hydrogens (primary N) is 1. The van der Waals surface area contributed by atoms with Gasteiger partial charge in [0.05, 0.1) is 6.04 Å². The maximum atomic E-state index is 12.0. The molecule has 0 bridgehead atoms. The van der Waals surface area contributed by atoms with Crippen molar-refractivity contribution in [1.82, 2.24) is 15.1 Å². The standard InChI is InChI=1S/C12H24N4O3/c1-12(2,3)19-11(18)15-5-6-16(10(17)14-4)9(7-13)8-15/h9H,5-8,13H2,1-4H3,(H,14,17). The van der Waals surface area contributed by atoms with E-state index < -0.39 is 5.60 Å². The summed E-state index contributed by atoms with van der Waals surface area (Å²) in [7, 11) is 1.58. The third-order valence-electron chi connectivity index (χ3n) is 2.88. The largest absolute Gasteiger partial charge is 0.444 e. The third kappa shape index (κ3) is 4.27. The summed E-state index contributed by atoms with van der Waals surface area (Å²) < 4.78 is 5.32. The van der Waals surface area contributed by atoms with Crippen molar-refractivity contribution in [2.24, 2.45) is 5.73 Å². The molecule has 3 N–H and O–H groups in total. The van der Waals surface area contributed by atoms with Crippen molar-refractivity contribution in [3.63, 3.8) is 0 Å². The lowest BCUT2D eigenvalue weighted by molar-refractivity contribution is 0.00989. The summed E-state index contributed by atoms with van der Waals surface area (Å²) in [6.45, 7) is 7.11. The van der Waals surface area contributed by atoms with Crippen LogP contribution >= 0.6 is 0 Å². The van der Waals surface area contributed by atoms with Crippen LogP contribution in [-0.2, 0) is 4.74 Å². The molecule has 0 saturated carbocycles. The number of hydrogen-bond donors (Lipinski definition) is 2. The van der Waals surface area contributed by atoms with E-state index in [0.29, 0.717) is 26.2 Å².